The highest BCUT2D eigenvalue weighted by atomic mass is 32.2. The van der Waals surface area contributed by atoms with Gasteiger partial charge in [-0.1, -0.05) is 24.3 Å². The Hall–Kier alpha value is -3.52. The van der Waals surface area contributed by atoms with Crippen LogP contribution in [0.25, 0.3) is 0 Å². The molecule has 1 unspecified atom stereocenters. The van der Waals surface area contributed by atoms with Gasteiger partial charge in [0, 0.05) is 5.69 Å². The number of halogens is 1. The summed E-state index contributed by atoms with van der Waals surface area (Å²) in [5.41, 5.74) is 2.71. The number of rotatable bonds is 6. The maximum atomic E-state index is 14.6. The second kappa shape index (κ2) is 9.54. The van der Waals surface area contributed by atoms with Gasteiger partial charge in [-0.15, -0.1) is 11.8 Å². The van der Waals surface area contributed by atoms with Crippen LogP contribution in [0.5, 0.6) is 11.5 Å². The molecule has 170 valence electrons. The minimum atomic E-state index is -0.450. The molecule has 4 rings (SSSR count). The lowest BCUT2D eigenvalue weighted by Crippen LogP contribution is -2.28. The van der Waals surface area contributed by atoms with Crippen LogP contribution in [0.4, 0.5) is 15.8 Å². The molecule has 3 aromatic carbocycles. The first-order valence-electron chi connectivity index (χ1n) is 10.2. The number of hydrogen-bond acceptors (Lipinski definition) is 5. The molecule has 1 N–H and O–H groups in total. The van der Waals surface area contributed by atoms with Gasteiger partial charge in [-0.05, 0) is 54.4 Å². The second-order valence-corrected chi connectivity index (χ2v) is 8.57. The van der Waals surface area contributed by atoms with Crippen LogP contribution in [0, 0.1) is 12.7 Å². The van der Waals surface area contributed by atoms with Crippen LogP contribution in [-0.2, 0) is 4.79 Å². The first kappa shape index (κ1) is 22.7. The Morgan fingerprint density at radius 1 is 1.06 bits per heavy atom. The number of ether oxygens (including phenoxy) is 2. The predicted molar refractivity (Wildman–Crippen MR) is 128 cm³/mol. The smallest absolute Gasteiger partial charge is 0.263 e. The molecule has 33 heavy (non-hydrogen) atoms. The Morgan fingerprint density at radius 2 is 1.76 bits per heavy atom. The zero-order valence-corrected chi connectivity index (χ0v) is 19.2. The number of benzene rings is 3. The van der Waals surface area contributed by atoms with Crippen LogP contribution >= 0.6 is 11.8 Å². The molecule has 1 aliphatic heterocycles. The van der Waals surface area contributed by atoms with E-state index in [4.69, 9.17) is 9.47 Å². The van der Waals surface area contributed by atoms with E-state index in [1.807, 2.05) is 13.0 Å². The van der Waals surface area contributed by atoms with E-state index < -0.39 is 17.1 Å². The summed E-state index contributed by atoms with van der Waals surface area (Å²) in [6.45, 7) is 1.86. The van der Waals surface area contributed by atoms with E-state index in [2.05, 4.69) is 5.32 Å². The largest absolute Gasteiger partial charge is 0.496 e. The molecule has 0 bridgehead atoms. The highest BCUT2D eigenvalue weighted by Crippen LogP contribution is 2.43. The lowest BCUT2D eigenvalue weighted by molar-refractivity contribution is -0.115. The molecular weight excluding hydrogens is 443 g/mol. The average molecular weight is 467 g/mol. The normalized spacial score (nSPS) is 15.5. The van der Waals surface area contributed by atoms with E-state index in [0.717, 1.165) is 11.1 Å². The molecule has 1 saturated heterocycles. The van der Waals surface area contributed by atoms with Gasteiger partial charge >= 0.3 is 0 Å². The van der Waals surface area contributed by atoms with Gasteiger partial charge < -0.3 is 14.8 Å². The van der Waals surface area contributed by atoms with Gasteiger partial charge in [-0.2, -0.15) is 0 Å². The summed E-state index contributed by atoms with van der Waals surface area (Å²) in [5.74, 6) is 0.0182. The maximum absolute atomic E-state index is 14.6. The van der Waals surface area contributed by atoms with Crippen molar-refractivity contribution in [3.63, 3.8) is 0 Å². The Kier molecular flexibility index (Phi) is 6.55. The van der Waals surface area contributed by atoms with Crippen molar-refractivity contribution < 1.29 is 23.5 Å². The highest BCUT2D eigenvalue weighted by Gasteiger charge is 2.35. The van der Waals surface area contributed by atoms with E-state index >= 15 is 0 Å². The highest BCUT2D eigenvalue weighted by molar-refractivity contribution is 8.00. The van der Waals surface area contributed by atoms with Crippen molar-refractivity contribution in [1.29, 1.82) is 0 Å². The van der Waals surface area contributed by atoms with Crippen molar-refractivity contribution in [3.8, 4) is 11.5 Å². The molecular formula is C25H23FN2O4S. The molecule has 0 spiro atoms. The summed E-state index contributed by atoms with van der Waals surface area (Å²) in [6.07, 6.45) is 0. The van der Waals surface area contributed by atoms with Gasteiger partial charge in [-0.3, -0.25) is 14.5 Å². The summed E-state index contributed by atoms with van der Waals surface area (Å²) in [7, 11) is 2.97. The summed E-state index contributed by atoms with van der Waals surface area (Å²) >= 11 is 1.41. The number of carbonyl (C=O) groups is 2. The number of carbonyl (C=O) groups excluding carboxylic acids is 2. The molecule has 3 aromatic rings. The number of anilines is 2. The molecule has 2 amide bonds. The molecule has 0 saturated carbocycles. The number of nitrogens with zero attached hydrogens (tertiary/aromatic N) is 1. The monoisotopic (exact) mass is 466 g/mol. The standard InChI is InChI=1S/C25H23FN2O4S/c1-15-10-11-18(26)19(12-15)28-22(29)14-33-25(28)16-6-4-7-17(13-16)27-24(30)23-20(31-2)8-5-9-21(23)32-3/h4-13,25H,14H2,1-3H3,(H,27,30). The average Bonchev–Trinajstić information content (AvgIpc) is 3.21. The Balaban J connectivity index is 1.64. The molecule has 0 aromatic heterocycles. The van der Waals surface area contributed by atoms with Gasteiger partial charge in [0.05, 0.1) is 25.7 Å². The van der Waals surface area contributed by atoms with E-state index in [-0.39, 0.29) is 22.9 Å². The van der Waals surface area contributed by atoms with Gasteiger partial charge in [0.15, 0.2) is 0 Å². The minimum Gasteiger partial charge on any atom is -0.496 e. The summed E-state index contributed by atoms with van der Waals surface area (Å²) in [6, 6.07) is 17.0. The lowest BCUT2D eigenvalue weighted by atomic mass is 10.1. The third-order valence-corrected chi connectivity index (χ3v) is 6.53. The second-order valence-electron chi connectivity index (χ2n) is 7.50. The fraction of sp³-hybridized carbons (Fsp3) is 0.200. The van der Waals surface area contributed by atoms with E-state index in [9.17, 15) is 14.0 Å². The van der Waals surface area contributed by atoms with Gasteiger partial charge in [0.2, 0.25) is 5.91 Å². The van der Waals surface area contributed by atoms with Crippen LogP contribution in [0.1, 0.15) is 26.9 Å². The number of nitrogens with one attached hydrogen (secondary N) is 1. The first-order chi connectivity index (χ1) is 15.9. The van der Waals surface area contributed by atoms with E-state index in [1.165, 1.54) is 36.9 Å². The number of amides is 2. The van der Waals surface area contributed by atoms with Crippen LogP contribution in [0.15, 0.2) is 60.7 Å². The molecule has 0 radical (unpaired) electrons. The van der Waals surface area contributed by atoms with Gasteiger partial charge in [0.1, 0.15) is 28.3 Å². The van der Waals surface area contributed by atoms with Crippen molar-refractivity contribution in [1.82, 2.24) is 0 Å². The van der Waals surface area contributed by atoms with Crippen molar-refractivity contribution in [3.05, 3.63) is 83.2 Å². The first-order valence-corrected chi connectivity index (χ1v) is 11.3. The molecule has 0 aliphatic carbocycles. The summed E-state index contributed by atoms with van der Waals surface area (Å²) in [5, 5.41) is 2.46. The van der Waals surface area contributed by atoms with Crippen LogP contribution in [-0.4, -0.2) is 31.8 Å². The van der Waals surface area contributed by atoms with Crippen LogP contribution in [0.2, 0.25) is 0 Å². The fourth-order valence-corrected chi connectivity index (χ4v) is 4.94. The van der Waals surface area contributed by atoms with Gasteiger partial charge in [-0.25, -0.2) is 4.39 Å². The molecule has 1 heterocycles. The number of methoxy groups -OCH3 is 2. The quantitative estimate of drug-likeness (QED) is 0.542. The van der Waals surface area contributed by atoms with Gasteiger partial charge in [0.25, 0.3) is 5.91 Å². The molecule has 1 fully saturated rings. The van der Waals surface area contributed by atoms with E-state index in [1.54, 1.807) is 48.5 Å². The van der Waals surface area contributed by atoms with Crippen molar-refractivity contribution in [2.45, 2.75) is 12.3 Å². The SMILES string of the molecule is COc1cccc(OC)c1C(=O)Nc1cccc(C2SCC(=O)N2c2cc(C)ccc2F)c1. The predicted octanol–water partition coefficient (Wildman–Crippen LogP) is 5.18. The zero-order chi connectivity index (χ0) is 23.5. The molecule has 8 heteroatoms. The topological polar surface area (TPSA) is 67.9 Å². The minimum absolute atomic E-state index is 0.164. The third-order valence-electron chi connectivity index (χ3n) is 5.31. The number of aryl methyl sites for hydroxylation is 1. The maximum Gasteiger partial charge on any atom is 0.263 e. The zero-order valence-electron chi connectivity index (χ0n) is 18.4. The van der Waals surface area contributed by atoms with E-state index in [0.29, 0.717) is 17.2 Å². The van der Waals surface area contributed by atoms with Crippen molar-refractivity contribution >= 4 is 35.0 Å². The molecule has 1 aliphatic rings. The fourth-order valence-electron chi connectivity index (χ4n) is 3.78. The van der Waals surface area contributed by atoms with Crippen LogP contribution < -0.4 is 19.7 Å². The molecule has 6 nitrogen and oxygen atoms in total. The molecule has 1 atom stereocenters. The third kappa shape index (κ3) is 4.52. The van der Waals surface area contributed by atoms with Crippen LogP contribution in [0.3, 0.4) is 0 Å². The van der Waals surface area contributed by atoms with Crippen molar-refractivity contribution in [2.75, 3.05) is 30.2 Å². The van der Waals surface area contributed by atoms with Crippen molar-refractivity contribution in [2.24, 2.45) is 0 Å². The summed E-state index contributed by atoms with van der Waals surface area (Å²) < 4.78 is 25.2. The number of thioether (sulfide) groups is 1. The lowest BCUT2D eigenvalue weighted by Gasteiger charge is -2.25. The summed E-state index contributed by atoms with van der Waals surface area (Å²) in [4.78, 5) is 27.2. The number of hydrogen-bond donors (Lipinski definition) is 1. The Bertz CT molecular complexity index is 1190. The Labute approximate surface area is 195 Å². The Morgan fingerprint density at radius 3 is 2.45 bits per heavy atom.